The van der Waals surface area contributed by atoms with Crippen molar-refractivity contribution < 1.29 is 14.7 Å². The smallest absolute Gasteiger partial charge is 0.352 e. The highest BCUT2D eigenvalue weighted by Crippen LogP contribution is 2.17. The minimum atomic E-state index is -1.05. The second kappa shape index (κ2) is 7.83. The van der Waals surface area contributed by atoms with E-state index in [1.54, 1.807) is 13.8 Å². The summed E-state index contributed by atoms with van der Waals surface area (Å²) in [6, 6.07) is 0. The van der Waals surface area contributed by atoms with Crippen molar-refractivity contribution in [2.45, 2.75) is 34.1 Å². The number of carboxylic acids is 1. The Morgan fingerprint density at radius 2 is 1.86 bits per heavy atom. The Balaban J connectivity index is 2.59. The van der Waals surface area contributed by atoms with Gasteiger partial charge in [0.1, 0.15) is 5.69 Å². The lowest BCUT2D eigenvalue weighted by atomic mass is 10.1. The van der Waals surface area contributed by atoms with E-state index in [0.29, 0.717) is 23.4 Å². The van der Waals surface area contributed by atoms with Gasteiger partial charge in [0.2, 0.25) is 0 Å². The van der Waals surface area contributed by atoms with Gasteiger partial charge >= 0.3 is 5.97 Å². The van der Waals surface area contributed by atoms with Crippen molar-refractivity contribution in [2.24, 2.45) is 0 Å². The third-order valence-corrected chi connectivity index (χ3v) is 3.71. The summed E-state index contributed by atoms with van der Waals surface area (Å²) in [5.74, 6) is -1.26. The second-order valence-corrected chi connectivity index (χ2v) is 5.07. The fraction of sp³-hybridized carbons (Fsp3) is 0.600. The van der Waals surface area contributed by atoms with Crippen molar-refractivity contribution in [1.29, 1.82) is 0 Å². The average molecular weight is 295 g/mol. The molecule has 0 saturated carbocycles. The Morgan fingerprint density at radius 1 is 1.24 bits per heavy atom. The van der Waals surface area contributed by atoms with Gasteiger partial charge in [0.05, 0.1) is 5.56 Å². The van der Waals surface area contributed by atoms with Gasteiger partial charge in [-0.25, -0.2) is 4.79 Å². The molecule has 1 amide bonds. The van der Waals surface area contributed by atoms with Gasteiger partial charge in [0.25, 0.3) is 5.91 Å². The number of nitrogens with zero attached hydrogens (tertiary/aromatic N) is 1. The van der Waals surface area contributed by atoms with Crippen molar-refractivity contribution in [1.82, 2.24) is 15.2 Å². The maximum absolute atomic E-state index is 12.2. The van der Waals surface area contributed by atoms with Gasteiger partial charge in [-0.05, 0) is 45.5 Å². The molecule has 0 unspecified atom stereocenters. The van der Waals surface area contributed by atoms with Crippen LogP contribution in [0.15, 0.2) is 0 Å². The van der Waals surface area contributed by atoms with Crippen molar-refractivity contribution >= 4 is 11.9 Å². The number of hydrogen-bond donors (Lipinski definition) is 3. The van der Waals surface area contributed by atoms with Crippen LogP contribution in [0.1, 0.15) is 52.4 Å². The summed E-state index contributed by atoms with van der Waals surface area (Å²) < 4.78 is 0. The number of amides is 1. The lowest BCUT2D eigenvalue weighted by Crippen LogP contribution is -2.30. The fourth-order valence-electron chi connectivity index (χ4n) is 2.44. The molecule has 0 fully saturated rings. The van der Waals surface area contributed by atoms with Gasteiger partial charge in [-0.2, -0.15) is 0 Å². The molecular formula is C15H25N3O3. The highest BCUT2D eigenvalue weighted by atomic mass is 16.4. The molecule has 0 aromatic carbocycles. The summed E-state index contributed by atoms with van der Waals surface area (Å²) in [4.78, 5) is 28.3. The SMILES string of the molecule is CCN(CC)CCCNC(=O)c1c(C)[nH]c(C(=O)O)c1C. The van der Waals surface area contributed by atoms with Crippen LogP contribution in [0.4, 0.5) is 0 Å². The monoisotopic (exact) mass is 295 g/mol. The molecule has 1 heterocycles. The van der Waals surface area contributed by atoms with Crippen LogP contribution in [0.2, 0.25) is 0 Å². The minimum absolute atomic E-state index is 0.0841. The summed E-state index contributed by atoms with van der Waals surface area (Å²) in [6.45, 7) is 11.1. The number of aromatic amines is 1. The lowest BCUT2D eigenvalue weighted by Gasteiger charge is -2.17. The molecule has 0 aliphatic heterocycles. The first-order valence-corrected chi connectivity index (χ1v) is 7.35. The van der Waals surface area contributed by atoms with E-state index in [1.807, 2.05) is 0 Å². The van der Waals surface area contributed by atoms with Crippen molar-refractivity contribution in [3.8, 4) is 0 Å². The molecule has 1 aromatic heterocycles. The zero-order valence-electron chi connectivity index (χ0n) is 13.2. The van der Waals surface area contributed by atoms with Crippen LogP contribution in [0.3, 0.4) is 0 Å². The number of aromatic carboxylic acids is 1. The van der Waals surface area contributed by atoms with Gasteiger partial charge < -0.3 is 20.3 Å². The van der Waals surface area contributed by atoms with Gasteiger partial charge in [-0.3, -0.25) is 4.79 Å². The van der Waals surface area contributed by atoms with Crippen molar-refractivity contribution in [3.63, 3.8) is 0 Å². The second-order valence-electron chi connectivity index (χ2n) is 5.07. The molecule has 0 atom stereocenters. The molecule has 0 aliphatic carbocycles. The maximum Gasteiger partial charge on any atom is 0.352 e. The molecule has 0 aliphatic rings. The van der Waals surface area contributed by atoms with E-state index in [9.17, 15) is 9.59 Å². The lowest BCUT2D eigenvalue weighted by molar-refractivity contribution is 0.0690. The summed E-state index contributed by atoms with van der Waals surface area (Å²) in [5, 5.41) is 11.9. The van der Waals surface area contributed by atoms with E-state index >= 15 is 0 Å². The van der Waals surface area contributed by atoms with E-state index in [1.165, 1.54) is 0 Å². The van der Waals surface area contributed by atoms with Crippen LogP contribution in [0, 0.1) is 13.8 Å². The first kappa shape index (κ1) is 17.2. The number of H-pyrrole nitrogens is 1. The predicted molar refractivity (Wildman–Crippen MR) is 82.0 cm³/mol. The Kier molecular flexibility index (Phi) is 6.42. The molecule has 1 rings (SSSR count). The van der Waals surface area contributed by atoms with Crippen molar-refractivity contribution in [2.75, 3.05) is 26.2 Å². The molecule has 3 N–H and O–H groups in total. The number of aromatic nitrogens is 1. The fourth-order valence-corrected chi connectivity index (χ4v) is 2.44. The standard InChI is InChI=1S/C15H25N3O3/c1-5-18(6-2)9-7-8-16-14(19)12-10(3)13(15(20)21)17-11(12)4/h17H,5-9H2,1-4H3,(H,16,19)(H,20,21). The first-order valence-electron chi connectivity index (χ1n) is 7.35. The minimum Gasteiger partial charge on any atom is -0.477 e. The molecule has 1 aromatic rings. The molecular weight excluding hydrogens is 270 g/mol. The van der Waals surface area contributed by atoms with Gasteiger partial charge in [-0.1, -0.05) is 13.8 Å². The van der Waals surface area contributed by atoms with Gasteiger partial charge in [0, 0.05) is 12.2 Å². The molecule has 21 heavy (non-hydrogen) atoms. The van der Waals surface area contributed by atoms with E-state index in [2.05, 4.69) is 29.0 Å². The molecule has 6 heteroatoms. The number of nitrogens with one attached hydrogen (secondary N) is 2. The summed E-state index contributed by atoms with van der Waals surface area (Å²) in [7, 11) is 0. The van der Waals surface area contributed by atoms with Gasteiger partial charge in [0.15, 0.2) is 0 Å². The van der Waals surface area contributed by atoms with E-state index in [-0.39, 0.29) is 11.6 Å². The highest BCUT2D eigenvalue weighted by Gasteiger charge is 2.21. The zero-order valence-corrected chi connectivity index (χ0v) is 13.2. The molecule has 0 radical (unpaired) electrons. The maximum atomic E-state index is 12.2. The van der Waals surface area contributed by atoms with Crippen LogP contribution in [-0.4, -0.2) is 53.0 Å². The third-order valence-electron chi connectivity index (χ3n) is 3.71. The molecule has 6 nitrogen and oxygen atoms in total. The number of carboxylic acid groups (broad SMARTS) is 1. The van der Waals surface area contributed by atoms with Crippen LogP contribution in [0.25, 0.3) is 0 Å². The molecule has 118 valence electrons. The summed E-state index contributed by atoms with van der Waals surface area (Å²) in [6.07, 6.45) is 0.877. The zero-order chi connectivity index (χ0) is 16.0. The van der Waals surface area contributed by atoms with E-state index in [0.717, 1.165) is 26.1 Å². The Morgan fingerprint density at radius 3 is 2.33 bits per heavy atom. The highest BCUT2D eigenvalue weighted by molar-refractivity contribution is 6.00. The summed E-state index contributed by atoms with van der Waals surface area (Å²) in [5.41, 5.74) is 1.60. The molecule has 0 saturated heterocycles. The topological polar surface area (TPSA) is 85.4 Å². The molecule has 0 spiro atoms. The average Bonchev–Trinajstić information content (AvgIpc) is 2.74. The van der Waals surface area contributed by atoms with Crippen molar-refractivity contribution in [3.05, 3.63) is 22.5 Å². The van der Waals surface area contributed by atoms with Crippen LogP contribution in [0.5, 0.6) is 0 Å². The Bertz CT molecular complexity index is 505. The number of rotatable bonds is 8. The summed E-state index contributed by atoms with van der Waals surface area (Å²) >= 11 is 0. The Labute approximate surface area is 125 Å². The molecule has 0 bridgehead atoms. The van der Waals surface area contributed by atoms with Gasteiger partial charge in [-0.15, -0.1) is 0 Å². The van der Waals surface area contributed by atoms with E-state index < -0.39 is 5.97 Å². The first-order chi connectivity index (χ1) is 9.92. The number of carbonyl (C=O) groups excluding carboxylic acids is 1. The van der Waals surface area contributed by atoms with Crippen LogP contribution >= 0.6 is 0 Å². The van der Waals surface area contributed by atoms with Crippen LogP contribution in [-0.2, 0) is 0 Å². The quantitative estimate of drug-likeness (QED) is 0.638. The Hall–Kier alpha value is -1.82. The third kappa shape index (κ3) is 4.32. The normalized spacial score (nSPS) is 10.9. The van der Waals surface area contributed by atoms with E-state index in [4.69, 9.17) is 5.11 Å². The largest absolute Gasteiger partial charge is 0.477 e. The predicted octanol–water partition coefficient (Wildman–Crippen LogP) is 1.79. The number of aryl methyl sites for hydroxylation is 1. The number of carbonyl (C=O) groups is 2. The number of hydrogen-bond acceptors (Lipinski definition) is 3. The van der Waals surface area contributed by atoms with Crippen LogP contribution < -0.4 is 5.32 Å².